The number of hydrogen-bond acceptors (Lipinski definition) is 12. The molecule has 1 aliphatic rings. The lowest BCUT2D eigenvalue weighted by Gasteiger charge is -2.30. The highest BCUT2D eigenvalue weighted by atomic mass is 16.7. The molecule has 1 aliphatic heterocycles. The van der Waals surface area contributed by atoms with E-state index in [9.17, 15) is 19.2 Å². The number of methoxy groups -OCH3 is 1. The van der Waals surface area contributed by atoms with Gasteiger partial charge in [-0.1, -0.05) is 17.3 Å². The number of hydrogen-bond donors (Lipinski definition) is 1. The molecule has 3 aromatic rings. The van der Waals surface area contributed by atoms with E-state index in [1.54, 1.807) is 81.6 Å². The quantitative estimate of drug-likeness (QED) is 0.203. The lowest BCUT2D eigenvalue weighted by molar-refractivity contribution is -0.0564. The predicted octanol–water partition coefficient (Wildman–Crippen LogP) is 6.89. The fraction of sp³-hybridized carbons (Fsp3) is 0.514. The third-order valence-electron chi connectivity index (χ3n) is 6.96. The number of nitrogens with one attached hydrogen (secondary N) is 1. The first-order chi connectivity index (χ1) is 22.7. The number of carbonyl (C=O) groups is 4. The van der Waals surface area contributed by atoms with Crippen LogP contribution >= 0.6 is 0 Å². The molecule has 1 aromatic heterocycles. The maximum atomic E-state index is 13.8. The second-order valence-electron chi connectivity index (χ2n) is 14.6. The number of carbonyl (C=O) groups excluding carboxylic acids is 4. The van der Waals surface area contributed by atoms with Crippen LogP contribution in [0.15, 0.2) is 47.0 Å². The zero-order chi connectivity index (χ0) is 36.3. The average molecular weight is 684 g/mol. The number of fused-ring (bicyclic) bond motifs is 1. The third-order valence-corrected chi connectivity index (χ3v) is 6.96. The van der Waals surface area contributed by atoms with Crippen molar-refractivity contribution in [3.63, 3.8) is 0 Å². The van der Waals surface area contributed by atoms with Crippen LogP contribution in [0.2, 0.25) is 0 Å². The summed E-state index contributed by atoms with van der Waals surface area (Å²) in [5.41, 5.74) is -1.29. The smallest absolute Gasteiger partial charge is 0.497 e. The molecule has 2 heterocycles. The molecule has 266 valence electrons. The zero-order valence-corrected chi connectivity index (χ0v) is 29.6. The van der Waals surface area contributed by atoms with E-state index in [-0.39, 0.29) is 24.3 Å². The summed E-state index contributed by atoms with van der Waals surface area (Å²) >= 11 is 0. The lowest BCUT2D eigenvalue weighted by Crippen LogP contribution is -2.45. The Kier molecular flexibility index (Phi) is 10.7. The van der Waals surface area contributed by atoms with Crippen molar-refractivity contribution in [3.05, 3.63) is 53.6 Å². The van der Waals surface area contributed by atoms with E-state index in [0.717, 1.165) is 5.56 Å². The van der Waals surface area contributed by atoms with Crippen LogP contribution in [0.3, 0.4) is 0 Å². The van der Waals surface area contributed by atoms with Gasteiger partial charge < -0.3 is 32.9 Å². The average Bonchev–Trinajstić information content (AvgIpc) is 3.51. The van der Waals surface area contributed by atoms with E-state index in [0.29, 0.717) is 16.7 Å². The number of likely N-dealkylation sites (tertiary alicyclic amines) is 1. The SMILES string of the molecule is COc1ccc(C[C@@H]2[C@H](OC(=O)c3ccc4onc(NC(=O)OC(C)(C)C)c4c3)[C@@H](OC(=O)OC(C)(C)C)CN2C(=O)OC(C)(C)C)cc1. The van der Waals surface area contributed by atoms with Crippen molar-refractivity contribution >= 4 is 41.1 Å². The first-order valence-electron chi connectivity index (χ1n) is 15.8. The van der Waals surface area contributed by atoms with Crippen LogP contribution in [-0.2, 0) is 30.1 Å². The van der Waals surface area contributed by atoms with Crippen molar-refractivity contribution in [3.8, 4) is 5.75 Å². The normalized spacial score (nSPS) is 18.1. The summed E-state index contributed by atoms with van der Waals surface area (Å²) in [4.78, 5) is 54.1. The van der Waals surface area contributed by atoms with Gasteiger partial charge in [-0.3, -0.25) is 10.2 Å². The fourth-order valence-corrected chi connectivity index (χ4v) is 5.02. The van der Waals surface area contributed by atoms with Gasteiger partial charge in [0.05, 0.1) is 30.6 Å². The minimum absolute atomic E-state index is 0.0411. The monoisotopic (exact) mass is 683 g/mol. The standard InChI is InChI=1S/C35H45N3O11/c1-33(2,3)46-30(40)36-28-23-18-21(13-16-25(23)49-37-28)29(39)45-27-24(17-20-11-14-22(43-10)15-12-20)38(31(41)47-34(4,5)6)19-26(27)44-32(42)48-35(7,8)9/h11-16,18,24,26-27H,17,19H2,1-10H3,(H,36,37,40)/t24-,26+,27+/m1/s1. The summed E-state index contributed by atoms with van der Waals surface area (Å²) in [7, 11) is 1.55. The van der Waals surface area contributed by atoms with E-state index in [4.69, 9.17) is 32.9 Å². The van der Waals surface area contributed by atoms with Gasteiger partial charge in [-0.05, 0) is 105 Å². The predicted molar refractivity (Wildman–Crippen MR) is 178 cm³/mol. The van der Waals surface area contributed by atoms with E-state index < -0.39 is 59.4 Å². The van der Waals surface area contributed by atoms with E-state index in [2.05, 4.69) is 10.5 Å². The molecular weight excluding hydrogens is 638 g/mol. The highest BCUT2D eigenvalue weighted by molar-refractivity contribution is 6.00. The molecule has 0 spiro atoms. The molecule has 0 unspecified atom stereocenters. The van der Waals surface area contributed by atoms with E-state index in [1.165, 1.54) is 23.1 Å². The van der Waals surface area contributed by atoms with E-state index >= 15 is 0 Å². The molecular formula is C35H45N3O11. The Balaban J connectivity index is 1.69. The highest BCUT2D eigenvalue weighted by Gasteiger charge is 2.50. The van der Waals surface area contributed by atoms with Gasteiger partial charge in [0.1, 0.15) is 22.6 Å². The first-order valence-corrected chi connectivity index (χ1v) is 15.8. The number of rotatable bonds is 7. The van der Waals surface area contributed by atoms with Gasteiger partial charge in [0.25, 0.3) is 0 Å². The highest BCUT2D eigenvalue weighted by Crippen LogP contribution is 2.32. The summed E-state index contributed by atoms with van der Waals surface area (Å²) < 4.78 is 38.8. The molecule has 0 radical (unpaired) electrons. The van der Waals surface area contributed by atoms with Crippen molar-refractivity contribution in [2.45, 2.75) is 104 Å². The van der Waals surface area contributed by atoms with Gasteiger partial charge in [0.15, 0.2) is 23.6 Å². The van der Waals surface area contributed by atoms with Gasteiger partial charge in [-0.25, -0.2) is 19.2 Å². The van der Waals surface area contributed by atoms with Gasteiger partial charge >= 0.3 is 24.3 Å². The van der Waals surface area contributed by atoms with Crippen LogP contribution in [0.1, 0.15) is 78.2 Å². The first kappa shape index (κ1) is 36.8. The second-order valence-corrected chi connectivity index (χ2v) is 14.6. The second kappa shape index (κ2) is 14.2. The molecule has 1 fully saturated rings. The van der Waals surface area contributed by atoms with Crippen molar-refractivity contribution in [1.29, 1.82) is 0 Å². The molecule has 0 bridgehead atoms. The zero-order valence-electron chi connectivity index (χ0n) is 29.6. The topological polar surface area (TPSA) is 165 Å². The van der Waals surface area contributed by atoms with Crippen LogP contribution in [0, 0.1) is 0 Å². The van der Waals surface area contributed by atoms with Crippen molar-refractivity contribution < 1.29 is 52.1 Å². The molecule has 3 atom stereocenters. The molecule has 2 amide bonds. The van der Waals surface area contributed by atoms with Gasteiger partial charge in [0.2, 0.25) is 0 Å². The molecule has 1 saturated heterocycles. The van der Waals surface area contributed by atoms with Crippen LogP contribution in [0.4, 0.5) is 20.2 Å². The molecule has 0 aliphatic carbocycles. The maximum absolute atomic E-state index is 13.8. The van der Waals surface area contributed by atoms with Crippen molar-refractivity contribution in [1.82, 2.24) is 10.1 Å². The summed E-state index contributed by atoms with van der Waals surface area (Å²) in [5.74, 6) is -0.114. The molecule has 1 N–H and O–H groups in total. The number of amides is 2. The lowest BCUT2D eigenvalue weighted by atomic mass is 10.0. The largest absolute Gasteiger partial charge is 0.509 e. The third kappa shape index (κ3) is 10.2. The molecule has 0 saturated carbocycles. The number of ether oxygens (including phenoxy) is 6. The summed E-state index contributed by atoms with van der Waals surface area (Å²) in [6.45, 7) is 15.3. The number of esters is 1. The minimum atomic E-state index is -1.15. The summed E-state index contributed by atoms with van der Waals surface area (Å²) in [6, 6.07) is 10.8. The fourth-order valence-electron chi connectivity index (χ4n) is 5.02. The Bertz CT molecular complexity index is 1660. The number of nitrogens with zero attached hydrogens (tertiary/aromatic N) is 2. The van der Waals surface area contributed by atoms with Gasteiger partial charge in [-0.2, -0.15) is 0 Å². The number of anilines is 1. The molecule has 14 nitrogen and oxygen atoms in total. The van der Waals surface area contributed by atoms with Crippen LogP contribution in [-0.4, -0.2) is 83.1 Å². The van der Waals surface area contributed by atoms with Crippen LogP contribution in [0.5, 0.6) is 5.75 Å². The van der Waals surface area contributed by atoms with Crippen molar-refractivity contribution in [2.24, 2.45) is 0 Å². The number of aromatic nitrogens is 1. The Labute approximate surface area is 285 Å². The van der Waals surface area contributed by atoms with Gasteiger partial charge in [-0.15, -0.1) is 0 Å². The van der Waals surface area contributed by atoms with Crippen LogP contribution in [0.25, 0.3) is 11.0 Å². The Hall–Kier alpha value is -5.01. The van der Waals surface area contributed by atoms with Crippen LogP contribution < -0.4 is 10.1 Å². The number of benzene rings is 2. The Morgan fingerprint density at radius 3 is 2.08 bits per heavy atom. The Morgan fingerprint density at radius 1 is 0.857 bits per heavy atom. The van der Waals surface area contributed by atoms with E-state index in [1.807, 2.05) is 12.1 Å². The minimum Gasteiger partial charge on any atom is -0.497 e. The van der Waals surface area contributed by atoms with Crippen molar-refractivity contribution in [2.75, 3.05) is 19.0 Å². The molecule has 49 heavy (non-hydrogen) atoms. The van der Waals surface area contributed by atoms with Gasteiger partial charge in [0, 0.05) is 0 Å². The summed E-state index contributed by atoms with van der Waals surface area (Å²) in [5, 5.41) is 6.74. The molecule has 4 rings (SSSR count). The summed E-state index contributed by atoms with van der Waals surface area (Å²) in [6.07, 6.45) is -4.47. The Morgan fingerprint density at radius 2 is 1.49 bits per heavy atom. The maximum Gasteiger partial charge on any atom is 0.509 e. The molecule has 2 aromatic carbocycles. The molecule has 14 heteroatoms.